The van der Waals surface area contributed by atoms with E-state index >= 15 is 0 Å². The van der Waals surface area contributed by atoms with Crippen LogP contribution in [0.15, 0.2) is 0 Å². The lowest BCUT2D eigenvalue weighted by molar-refractivity contribution is -0.128. The maximum atomic E-state index is 12.2. The minimum absolute atomic E-state index is 0.133. The Morgan fingerprint density at radius 1 is 1.40 bits per heavy atom. The molecule has 0 fully saturated rings. The van der Waals surface area contributed by atoms with E-state index in [0.717, 1.165) is 0 Å². The molecule has 0 aliphatic rings. The van der Waals surface area contributed by atoms with Gasteiger partial charge in [-0.25, -0.2) is 0 Å². The molecule has 1 rings (SSSR count). The molecule has 0 aliphatic heterocycles. The van der Waals surface area contributed by atoms with Gasteiger partial charge in [-0.2, -0.15) is 5.10 Å². The number of hydrogen-bond donors (Lipinski definition) is 3. The average molecular weight is 281 g/mol. The summed E-state index contributed by atoms with van der Waals surface area (Å²) in [7, 11) is 1.57. The summed E-state index contributed by atoms with van der Waals surface area (Å²) in [4.78, 5) is 23.9. The van der Waals surface area contributed by atoms with E-state index < -0.39 is 5.41 Å². The number of amides is 2. The van der Waals surface area contributed by atoms with Gasteiger partial charge >= 0.3 is 0 Å². The lowest BCUT2D eigenvalue weighted by Gasteiger charge is -2.22. The number of hydrogen-bond acceptors (Lipinski definition) is 4. The van der Waals surface area contributed by atoms with Crippen molar-refractivity contribution < 1.29 is 9.59 Å². The number of rotatable bonds is 5. The highest BCUT2D eigenvalue weighted by Gasteiger charge is 2.28. The average Bonchev–Trinajstić information content (AvgIpc) is 2.70. The van der Waals surface area contributed by atoms with Crippen molar-refractivity contribution >= 4 is 17.5 Å². The van der Waals surface area contributed by atoms with Crippen LogP contribution >= 0.6 is 0 Å². The second-order valence-electron chi connectivity index (χ2n) is 5.31. The first-order chi connectivity index (χ1) is 9.24. The van der Waals surface area contributed by atoms with Gasteiger partial charge in [0.1, 0.15) is 5.69 Å². The summed E-state index contributed by atoms with van der Waals surface area (Å²) in [5, 5.41) is 9.51. The van der Waals surface area contributed by atoms with E-state index in [1.54, 1.807) is 32.5 Å². The van der Waals surface area contributed by atoms with E-state index in [1.807, 2.05) is 6.92 Å². The summed E-state index contributed by atoms with van der Waals surface area (Å²) in [5.74, 6) is -0.451. The van der Waals surface area contributed by atoms with Crippen LogP contribution in [0.3, 0.4) is 0 Å². The molecule has 0 unspecified atom stereocenters. The second kappa shape index (κ2) is 5.94. The number of nitrogens with one attached hydrogen (secondary N) is 2. The summed E-state index contributed by atoms with van der Waals surface area (Å²) in [6, 6.07) is 0. The highest BCUT2D eigenvalue weighted by molar-refractivity contribution is 5.98. The zero-order valence-electron chi connectivity index (χ0n) is 12.7. The number of nitrogens with zero attached hydrogens (tertiary/aromatic N) is 2. The predicted octanol–water partition coefficient (Wildman–Crippen LogP) is 0.296. The number of nitrogens with two attached hydrogens (primary N) is 1. The highest BCUT2D eigenvalue weighted by Crippen LogP contribution is 2.18. The van der Waals surface area contributed by atoms with Gasteiger partial charge in [0, 0.05) is 20.1 Å². The lowest BCUT2D eigenvalue weighted by Crippen LogP contribution is -2.44. The van der Waals surface area contributed by atoms with Crippen LogP contribution in [-0.4, -0.2) is 35.2 Å². The van der Waals surface area contributed by atoms with E-state index in [-0.39, 0.29) is 18.4 Å². The van der Waals surface area contributed by atoms with E-state index in [4.69, 9.17) is 5.73 Å². The molecule has 0 bridgehead atoms. The molecule has 4 N–H and O–H groups in total. The lowest BCUT2D eigenvalue weighted by atomic mass is 9.92. The van der Waals surface area contributed by atoms with E-state index in [9.17, 15) is 9.59 Å². The fourth-order valence-electron chi connectivity index (χ4n) is 1.87. The fourth-order valence-corrected chi connectivity index (χ4v) is 1.87. The largest absolute Gasteiger partial charge is 0.395 e. The van der Waals surface area contributed by atoms with E-state index in [0.29, 0.717) is 23.6 Å². The Morgan fingerprint density at radius 3 is 2.50 bits per heavy atom. The third-order valence-corrected chi connectivity index (χ3v) is 3.22. The Bertz CT molecular complexity index is 519. The second-order valence-corrected chi connectivity index (χ2v) is 5.31. The topological polar surface area (TPSA) is 102 Å². The molecule has 0 saturated heterocycles. The van der Waals surface area contributed by atoms with Crippen LogP contribution in [0.25, 0.3) is 0 Å². The molecule has 0 aliphatic carbocycles. The first-order valence-electron chi connectivity index (χ1n) is 6.57. The number of carbonyl (C=O) groups excluding carboxylic acids is 2. The quantitative estimate of drug-likeness (QED) is 0.722. The van der Waals surface area contributed by atoms with Crippen molar-refractivity contribution in [3.05, 3.63) is 11.4 Å². The summed E-state index contributed by atoms with van der Waals surface area (Å²) >= 11 is 0. The highest BCUT2D eigenvalue weighted by atomic mass is 16.2. The van der Waals surface area contributed by atoms with Gasteiger partial charge in [-0.15, -0.1) is 0 Å². The molecule has 20 heavy (non-hydrogen) atoms. The van der Waals surface area contributed by atoms with Crippen molar-refractivity contribution in [3.8, 4) is 0 Å². The molecule has 112 valence electrons. The number of aryl methyl sites for hydroxylation is 2. The molecule has 1 aromatic rings. The number of nitrogen functional groups attached to an aromatic ring is 1. The van der Waals surface area contributed by atoms with Crippen molar-refractivity contribution in [3.63, 3.8) is 0 Å². The normalized spacial score (nSPS) is 11.2. The van der Waals surface area contributed by atoms with Gasteiger partial charge in [0.2, 0.25) is 5.91 Å². The van der Waals surface area contributed by atoms with Crippen LogP contribution in [0.1, 0.15) is 37.0 Å². The monoisotopic (exact) mass is 281 g/mol. The van der Waals surface area contributed by atoms with Crippen molar-refractivity contribution in [1.82, 2.24) is 20.4 Å². The minimum atomic E-state index is -0.689. The van der Waals surface area contributed by atoms with Gasteiger partial charge in [-0.3, -0.25) is 14.3 Å². The molecule has 0 saturated carbocycles. The first kappa shape index (κ1) is 16.0. The Labute approximate surface area is 118 Å². The standard InChI is InChI=1S/C13H23N5O2/c1-6-18-10(9(14)8(2)17-18)11(19)16-7-13(3,4)12(20)15-5/h6-7,14H2,1-5H3,(H,15,20)(H,16,19). The Kier molecular flexibility index (Phi) is 4.75. The summed E-state index contributed by atoms with van der Waals surface area (Å²) in [5.41, 5.74) is 6.54. The predicted molar refractivity (Wildman–Crippen MR) is 77.2 cm³/mol. The van der Waals surface area contributed by atoms with Crippen LogP contribution in [-0.2, 0) is 11.3 Å². The molecular weight excluding hydrogens is 258 g/mol. The summed E-state index contributed by atoms with van der Waals surface area (Å²) in [6.45, 7) is 7.94. The molecular formula is C13H23N5O2. The number of carbonyl (C=O) groups is 2. The van der Waals surface area contributed by atoms with Crippen LogP contribution in [0.2, 0.25) is 0 Å². The maximum absolute atomic E-state index is 12.2. The number of aromatic nitrogens is 2. The van der Waals surface area contributed by atoms with Crippen molar-refractivity contribution in [2.45, 2.75) is 34.2 Å². The Morgan fingerprint density at radius 2 is 2.00 bits per heavy atom. The number of anilines is 1. The SMILES string of the molecule is CCn1nc(C)c(N)c1C(=O)NCC(C)(C)C(=O)NC. The molecule has 0 atom stereocenters. The third-order valence-electron chi connectivity index (χ3n) is 3.22. The van der Waals surface area contributed by atoms with Gasteiger partial charge in [-0.05, 0) is 27.7 Å². The minimum Gasteiger partial charge on any atom is -0.395 e. The van der Waals surface area contributed by atoms with Crippen LogP contribution < -0.4 is 16.4 Å². The Hall–Kier alpha value is -2.05. The zero-order valence-corrected chi connectivity index (χ0v) is 12.7. The van der Waals surface area contributed by atoms with Gasteiger partial charge in [0.25, 0.3) is 5.91 Å². The van der Waals surface area contributed by atoms with Crippen molar-refractivity contribution in [1.29, 1.82) is 0 Å². The van der Waals surface area contributed by atoms with Gasteiger partial charge < -0.3 is 16.4 Å². The van der Waals surface area contributed by atoms with E-state index in [1.165, 1.54) is 0 Å². The summed E-state index contributed by atoms with van der Waals surface area (Å²) < 4.78 is 1.56. The van der Waals surface area contributed by atoms with E-state index in [2.05, 4.69) is 15.7 Å². The molecule has 1 heterocycles. The van der Waals surface area contributed by atoms with Gasteiger partial charge in [0.15, 0.2) is 0 Å². The van der Waals surface area contributed by atoms with Gasteiger partial charge in [0.05, 0.1) is 16.8 Å². The van der Waals surface area contributed by atoms with Crippen molar-refractivity contribution in [2.75, 3.05) is 19.3 Å². The van der Waals surface area contributed by atoms with Gasteiger partial charge in [-0.1, -0.05) is 0 Å². The molecule has 2 amide bonds. The van der Waals surface area contributed by atoms with Crippen LogP contribution in [0, 0.1) is 12.3 Å². The molecule has 0 radical (unpaired) electrons. The van der Waals surface area contributed by atoms with Crippen LogP contribution in [0.5, 0.6) is 0 Å². The fraction of sp³-hybridized carbons (Fsp3) is 0.615. The van der Waals surface area contributed by atoms with Crippen molar-refractivity contribution in [2.24, 2.45) is 5.41 Å². The first-order valence-corrected chi connectivity index (χ1v) is 6.57. The molecule has 0 spiro atoms. The summed E-state index contributed by atoms with van der Waals surface area (Å²) in [6.07, 6.45) is 0. The molecule has 0 aromatic carbocycles. The third kappa shape index (κ3) is 3.09. The maximum Gasteiger partial charge on any atom is 0.271 e. The zero-order chi connectivity index (χ0) is 15.5. The Balaban J connectivity index is 2.85. The molecule has 7 heteroatoms. The molecule has 1 aromatic heterocycles. The van der Waals surface area contributed by atoms with Crippen LogP contribution in [0.4, 0.5) is 5.69 Å². The molecule has 7 nitrogen and oxygen atoms in total. The smallest absolute Gasteiger partial charge is 0.271 e.